The second-order valence-electron chi connectivity index (χ2n) is 0.974. The van der Waals surface area contributed by atoms with Crippen LogP contribution >= 0.6 is 0 Å². The molecule has 0 unspecified atom stereocenters. The Kier molecular flexibility index (Phi) is 3.18. The van der Waals surface area contributed by atoms with Crippen molar-refractivity contribution in [1.29, 1.82) is 10.5 Å². The lowest BCUT2D eigenvalue weighted by Gasteiger charge is -1.66. The van der Waals surface area contributed by atoms with Crippen LogP contribution in [0.3, 0.4) is 0 Å². The number of rotatable bonds is 0. The van der Waals surface area contributed by atoms with E-state index in [1.807, 2.05) is 0 Å². The average molecular weight is 144 g/mol. The second kappa shape index (κ2) is 3.43. The number of hydrogen-bond acceptors (Lipinski definition) is 2. The van der Waals surface area contributed by atoms with Crippen molar-refractivity contribution >= 4 is 25.3 Å². The monoisotopic (exact) mass is 144 g/mol. The van der Waals surface area contributed by atoms with Gasteiger partial charge in [0.2, 0.25) is 5.57 Å². The van der Waals surface area contributed by atoms with E-state index in [9.17, 15) is 0 Å². The molecule has 0 heterocycles. The molecule has 0 atom stereocenters. The van der Waals surface area contributed by atoms with Crippen LogP contribution in [0.25, 0.3) is 0 Å². The maximum atomic E-state index is 8.10. The van der Waals surface area contributed by atoms with Crippen LogP contribution in [0.2, 0.25) is 0 Å². The average Bonchev–Trinajstić information content (AvgIpc) is 1.69. The molecule has 0 saturated heterocycles. The highest BCUT2D eigenvalue weighted by Crippen LogP contribution is 1.95. The van der Waals surface area contributed by atoms with E-state index in [1.165, 1.54) is 0 Å². The summed E-state index contributed by atoms with van der Waals surface area (Å²) in [6, 6.07) is 3.34. The first-order chi connectivity index (χ1) is 3.72. The minimum atomic E-state index is 0.0401. The first kappa shape index (κ1) is 7.42. The minimum absolute atomic E-state index is 0.0401. The van der Waals surface area contributed by atoms with Gasteiger partial charge >= 0.3 is 4.24 Å². The molecule has 2 nitrogen and oxygen atoms in total. The molecule has 0 aromatic heterocycles. The van der Waals surface area contributed by atoms with Gasteiger partial charge in [-0.25, -0.2) is 0 Å². The summed E-state index contributed by atoms with van der Waals surface area (Å²) in [6.07, 6.45) is 0. The van der Waals surface area contributed by atoms with Gasteiger partial charge in [-0.05, 0) is 0 Å². The number of hydrogen-bond donors (Lipinski definition) is 0. The predicted octanol–water partition coefficient (Wildman–Crippen LogP) is -0.732. The molecule has 0 spiro atoms. The van der Waals surface area contributed by atoms with Crippen molar-refractivity contribution in [3.8, 4) is 12.1 Å². The van der Waals surface area contributed by atoms with Gasteiger partial charge in [0.15, 0.2) is 0 Å². The summed E-state index contributed by atoms with van der Waals surface area (Å²) in [4.78, 5) is 0. The van der Waals surface area contributed by atoms with Crippen LogP contribution in [0.15, 0.2) is 9.81 Å². The van der Waals surface area contributed by atoms with Crippen LogP contribution in [0.5, 0.6) is 0 Å². The SMILES string of the molecule is N#CC(C#N)=C([SH2+])[SH2+]. The zero-order valence-electron chi connectivity index (χ0n) is 3.89. The largest absolute Gasteiger partial charge is 0.348 e. The van der Waals surface area contributed by atoms with Gasteiger partial charge in [0, 0.05) is 25.3 Å². The molecule has 0 aliphatic carbocycles. The molecule has 0 rings (SSSR count). The normalized spacial score (nSPS) is 6.50. The lowest BCUT2D eigenvalue weighted by molar-refractivity contribution is 1.47. The van der Waals surface area contributed by atoms with Crippen LogP contribution < -0.4 is 0 Å². The molecule has 0 amide bonds. The Balaban J connectivity index is 4.47. The Hall–Kier alpha value is -0.580. The molecule has 0 aromatic rings. The van der Waals surface area contributed by atoms with Crippen LogP contribution in [0.4, 0.5) is 0 Å². The molecule has 0 bridgehead atoms. The zero-order chi connectivity index (χ0) is 6.57. The van der Waals surface area contributed by atoms with Gasteiger partial charge in [-0.2, -0.15) is 10.5 Å². The lowest BCUT2D eigenvalue weighted by atomic mass is 10.4. The van der Waals surface area contributed by atoms with E-state index < -0.39 is 0 Å². The molecule has 8 heavy (non-hydrogen) atoms. The van der Waals surface area contributed by atoms with Crippen molar-refractivity contribution in [2.75, 3.05) is 0 Å². The molecular formula is C4H4N2S2+2. The van der Waals surface area contributed by atoms with Gasteiger partial charge in [-0.1, -0.05) is 0 Å². The number of nitrogens with zero attached hydrogens (tertiary/aromatic N) is 2. The maximum Gasteiger partial charge on any atom is 0.348 e. The van der Waals surface area contributed by atoms with Crippen molar-refractivity contribution in [1.82, 2.24) is 0 Å². The van der Waals surface area contributed by atoms with Gasteiger partial charge in [0.1, 0.15) is 12.1 Å². The van der Waals surface area contributed by atoms with Crippen LogP contribution in [0.1, 0.15) is 0 Å². The third kappa shape index (κ3) is 1.92. The van der Waals surface area contributed by atoms with Crippen molar-refractivity contribution in [3.63, 3.8) is 0 Å². The maximum absolute atomic E-state index is 8.10. The first-order valence-corrected chi connectivity index (χ1v) is 2.70. The molecule has 40 valence electrons. The van der Waals surface area contributed by atoms with Crippen LogP contribution in [-0.4, -0.2) is 0 Å². The van der Waals surface area contributed by atoms with E-state index in [4.69, 9.17) is 10.5 Å². The summed E-state index contributed by atoms with van der Waals surface area (Å²) in [5.41, 5.74) is 0.0401. The Morgan fingerprint density at radius 3 is 1.50 bits per heavy atom. The minimum Gasteiger partial charge on any atom is -0.191 e. The van der Waals surface area contributed by atoms with Crippen LogP contribution in [-0.2, 0) is 25.3 Å². The van der Waals surface area contributed by atoms with E-state index >= 15 is 0 Å². The summed E-state index contributed by atoms with van der Waals surface area (Å²) in [5, 5.41) is 16.2. The highest BCUT2D eigenvalue weighted by atomic mass is 32.2. The van der Waals surface area contributed by atoms with Gasteiger partial charge in [0.25, 0.3) is 0 Å². The highest BCUT2D eigenvalue weighted by molar-refractivity contribution is 7.84. The summed E-state index contributed by atoms with van der Waals surface area (Å²) in [7, 11) is 0. The summed E-state index contributed by atoms with van der Waals surface area (Å²) in [5.74, 6) is 0. The van der Waals surface area contributed by atoms with Crippen LogP contribution in [0, 0.1) is 22.7 Å². The molecule has 0 aliphatic rings. The first-order valence-electron chi connectivity index (χ1n) is 1.70. The lowest BCUT2D eigenvalue weighted by Crippen LogP contribution is -1.76. The fraction of sp³-hybridized carbons (Fsp3) is 0. The highest BCUT2D eigenvalue weighted by Gasteiger charge is 2.06. The van der Waals surface area contributed by atoms with Gasteiger partial charge in [-0.15, -0.1) is 0 Å². The molecule has 0 N–H and O–H groups in total. The fourth-order valence-corrected chi connectivity index (χ4v) is 0.360. The Bertz CT molecular complexity index is 173. The third-order valence-electron chi connectivity index (χ3n) is 0.474. The van der Waals surface area contributed by atoms with Crippen molar-refractivity contribution in [2.45, 2.75) is 0 Å². The quantitative estimate of drug-likeness (QED) is 0.332. The predicted molar refractivity (Wildman–Crippen MR) is 38.6 cm³/mol. The van der Waals surface area contributed by atoms with E-state index in [0.717, 1.165) is 0 Å². The van der Waals surface area contributed by atoms with Gasteiger partial charge in [0.05, 0.1) is 0 Å². The van der Waals surface area contributed by atoms with E-state index in [0.29, 0.717) is 4.24 Å². The van der Waals surface area contributed by atoms with E-state index in [-0.39, 0.29) is 5.57 Å². The number of nitriles is 2. The molecule has 0 aliphatic heterocycles. The van der Waals surface area contributed by atoms with E-state index in [2.05, 4.69) is 25.3 Å². The molecule has 0 radical (unpaired) electrons. The second-order valence-corrected chi connectivity index (χ2v) is 2.47. The van der Waals surface area contributed by atoms with E-state index in [1.54, 1.807) is 12.1 Å². The molecule has 0 fully saturated rings. The van der Waals surface area contributed by atoms with Gasteiger partial charge in [-0.3, -0.25) is 0 Å². The third-order valence-corrected chi connectivity index (χ3v) is 0.974. The molecule has 4 heteroatoms. The standard InChI is InChI=1S/C4H2N2S2/c5-1-3(2-6)4(7)8/h7-8H/p+2. The Labute approximate surface area is 58.2 Å². The molecular weight excluding hydrogens is 140 g/mol. The topological polar surface area (TPSA) is 47.6 Å². The van der Waals surface area contributed by atoms with Crippen molar-refractivity contribution in [3.05, 3.63) is 9.81 Å². The fourth-order valence-electron chi connectivity index (χ4n) is 0.137. The Morgan fingerprint density at radius 1 is 1.12 bits per heavy atom. The van der Waals surface area contributed by atoms with Crippen molar-refractivity contribution in [2.24, 2.45) is 0 Å². The molecule has 0 aromatic carbocycles. The summed E-state index contributed by atoms with van der Waals surface area (Å²) < 4.78 is 0.384. The number of allylic oxidation sites excluding steroid dienone is 1. The summed E-state index contributed by atoms with van der Waals surface area (Å²) in [6.45, 7) is 0. The van der Waals surface area contributed by atoms with Crippen molar-refractivity contribution < 1.29 is 0 Å². The van der Waals surface area contributed by atoms with Gasteiger partial charge < -0.3 is 0 Å². The smallest absolute Gasteiger partial charge is 0.191 e. The molecule has 0 saturated carbocycles. The summed E-state index contributed by atoms with van der Waals surface area (Å²) >= 11 is 5.91. The zero-order valence-corrected chi connectivity index (χ0v) is 5.89. The Morgan fingerprint density at radius 2 is 1.50 bits per heavy atom.